The molecule has 4 rings (SSSR count). The van der Waals surface area contributed by atoms with Gasteiger partial charge in [-0.05, 0) is 32.9 Å². The molecule has 1 aromatic rings. The van der Waals surface area contributed by atoms with Gasteiger partial charge in [-0.3, -0.25) is 0 Å². The minimum absolute atomic E-state index is 0.0802. The molecule has 7 nitrogen and oxygen atoms in total. The standard InChI is InChI=1S/C24H34O7/c1-13-12-26-23(20-18(13)30-24(5,6)31-20)28-19-14(2)16(4)27-22(15(19)3)29-21(25)17-10-8-7-9-11-17/h7-11,13-16,18-20,22-23H,12H2,1-6H3/t13-,14-,15+,16?,18?,19?,20+,22+,23-/m1/s1. The molecule has 1 aromatic carbocycles. The maximum Gasteiger partial charge on any atom is 0.340 e. The lowest BCUT2D eigenvalue weighted by molar-refractivity contribution is -0.307. The van der Waals surface area contributed by atoms with E-state index < -0.39 is 24.3 Å². The number of carbonyl (C=O) groups is 1. The highest BCUT2D eigenvalue weighted by Gasteiger charge is 2.53. The smallest absolute Gasteiger partial charge is 0.340 e. The lowest BCUT2D eigenvalue weighted by atomic mass is 9.86. The summed E-state index contributed by atoms with van der Waals surface area (Å²) in [5.41, 5.74) is 0.494. The van der Waals surface area contributed by atoms with Crippen LogP contribution in [0, 0.1) is 17.8 Å². The molecule has 0 N–H and O–H groups in total. The zero-order valence-corrected chi connectivity index (χ0v) is 19.1. The van der Waals surface area contributed by atoms with Gasteiger partial charge in [0.1, 0.15) is 6.10 Å². The predicted octanol–water partition coefficient (Wildman–Crippen LogP) is 3.76. The van der Waals surface area contributed by atoms with Crippen LogP contribution in [-0.2, 0) is 28.4 Å². The van der Waals surface area contributed by atoms with Crippen molar-refractivity contribution in [2.45, 2.75) is 84.3 Å². The van der Waals surface area contributed by atoms with Crippen molar-refractivity contribution in [3.8, 4) is 0 Å². The zero-order chi connectivity index (χ0) is 22.3. The molecule has 172 valence electrons. The Labute approximate surface area is 184 Å². The molecule has 3 aliphatic heterocycles. The molecule has 31 heavy (non-hydrogen) atoms. The molecule has 0 aromatic heterocycles. The van der Waals surface area contributed by atoms with Gasteiger partial charge >= 0.3 is 5.97 Å². The van der Waals surface area contributed by atoms with Crippen LogP contribution in [0.2, 0.25) is 0 Å². The third-order valence-corrected chi connectivity index (χ3v) is 6.59. The zero-order valence-electron chi connectivity index (χ0n) is 19.1. The Morgan fingerprint density at radius 2 is 1.65 bits per heavy atom. The van der Waals surface area contributed by atoms with Crippen LogP contribution < -0.4 is 0 Å². The third-order valence-electron chi connectivity index (χ3n) is 6.59. The normalized spacial score (nSPS) is 42.1. The Morgan fingerprint density at radius 3 is 2.35 bits per heavy atom. The fourth-order valence-electron chi connectivity index (χ4n) is 4.67. The van der Waals surface area contributed by atoms with Crippen LogP contribution in [0.15, 0.2) is 30.3 Å². The topological polar surface area (TPSA) is 72.5 Å². The molecule has 0 amide bonds. The summed E-state index contributed by atoms with van der Waals surface area (Å²) in [7, 11) is 0. The molecule has 9 atom stereocenters. The number of rotatable bonds is 4. The van der Waals surface area contributed by atoms with Gasteiger partial charge in [0, 0.05) is 17.8 Å². The molecule has 0 spiro atoms. The summed E-state index contributed by atoms with van der Waals surface area (Å²) in [6, 6.07) is 8.93. The van der Waals surface area contributed by atoms with E-state index in [0.29, 0.717) is 12.2 Å². The van der Waals surface area contributed by atoms with Crippen molar-refractivity contribution in [1.29, 1.82) is 0 Å². The van der Waals surface area contributed by atoms with E-state index in [0.717, 1.165) is 0 Å². The van der Waals surface area contributed by atoms with Gasteiger partial charge in [-0.1, -0.05) is 39.0 Å². The van der Waals surface area contributed by atoms with Crippen LogP contribution in [0.4, 0.5) is 0 Å². The Balaban J connectivity index is 1.47. The van der Waals surface area contributed by atoms with Gasteiger partial charge < -0.3 is 28.4 Å². The Bertz CT molecular complexity index is 766. The highest BCUT2D eigenvalue weighted by atomic mass is 16.8. The molecule has 3 aliphatic rings. The molecule has 3 heterocycles. The summed E-state index contributed by atoms with van der Waals surface area (Å²) in [4.78, 5) is 12.6. The van der Waals surface area contributed by atoms with Crippen molar-refractivity contribution in [1.82, 2.24) is 0 Å². The predicted molar refractivity (Wildman–Crippen MR) is 112 cm³/mol. The van der Waals surface area contributed by atoms with Gasteiger partial charge in [0.2, 0.25) is 6.29 Å². The molecule has 3 fully saturated rings. The summed E-state index contributed by atoms with van der Waals surface area (Å²) in [5, 5.41) is 0. The molecular weight excluding hydrogens is 400 g/mol. The van der Waals surface area contributed by atoms with Crippen LogP contribution in [0.25, 0.3) is 0 Å². The van der Waals surface area contributed by atoms with Crippen LogP contribution in [0.5, 0.6) is 0 Å². The molecule has 0 bridgehead atoms. The second-order valence-electron chi connectivity index (χ2n) is 9.54. The maximum atomic E-state index is 12.6. The number of carbonyl (C=O) groups excluding carboxylic acids is 1. The minimum atomic E-state index is -0.709. The van der Waals surface area contributed by atoms with E-state index in [9.17, 15) is 4.79 Å². The SMILES string of the molecule is CC1O[C@@H](OC(=O)c2ccccc2)[C@@H](C)C(O[C@H]2OC[C@@H](C)C3OC(C)(C)O[C@@H]32)[C@@H]1C. The molecule has 7 heteroatoms. The average Bonchev–Trinajstić information content (AvgIpc) is 3.07. The van der Waals surface area contributed by atoms with Crippen LogP contribution in [-0.4, -0.2) is 55.4 Å². The first kappa shape index (κ1) is 22.7. The van der Waals surface area contributed by atoms with Crippen LogP contribution in [0.3, 0.4) is 0 Å². The van der Waals surface area contributed by atoms with E-state index in [4.69, 9.17) is 28.4 Å². The van der Waals surface area contributed by atoms with Crippen molar-refractivity contribution >= 4 is 5.97 Å². The molecule has 3 unspecified atom stereocenters. The van der Waals surface area contributed by atoms with E-state index in [2.05, 4.69) is 13.8 Å². The van der Waals surface area contributed by atoms with Gasteiger partial charge in [0.05, 0.1) is 30.5 Å². The third kappa shape index (κ3) is 4.66. The second-order valence-corrected chi connectivity index (χ2v) is 9.54. The Morgan fingerprint density at radius 1 is 0.968 bits per heavy atom. The molecule has 3 saturated heterocycles. The lowest BCUT2D eigenvalue weighted by Crippen LogP contribution is -2.55. The summed E-state index contributed by atoms with van der Waals surface area (Å²) < 4.78 is 36.6. The van der Waals surface area contributed by atoms with Crippen molar-refractivity contribution in [3.05, 3.63) is 35.9 Å². The number of esters is 1. The van der Waals surface area contributed by atoms with Gasteiger partial charge in [0.15, 0.2) is 12.1 Å². The summed E-state index contributed by atoms with van der Waals surface area (Å²) in [6.07, 6.45) is -2.02. The van der Waals surface area contributed by atoms with E-state index in [1.807, 2.05) is 33.8 Å². The van der Waals surface area contributed by atoms with E-state index in [-0.39, 0.29) is 42.2 Å². The maximum absolute atomic E-state index is 12.6. The number of fused-ring (bicyclic) bond motifs is 1. The highest BCUT2D eigenvalue weighted by molar-refractivity contribution is 5.89. The van der Waals surface area contributed by atoms with Crippen LogP contribution >= 0.6 is 0 Å². The first-order valence-electron chi connectivity index (χ1n) is 11.2. The lowest BCUT2D eigenvalue weighted by Gasteiger charge is -2.45. The van der Waals surface area contributed by atoms with Gasteiger partial charge in [-0.25, -0.2) is 4.79 Å². The van der Waals surface area contributed by atoms with Crippen molar-refractivity contribution < 1.29 is 33.2 Å². The Hall–Kier alpha value is -1.51. The largest absolute Gasteiger partial charge is 0.432 e. The summed E-state index contributed by atoms with van der Waals surface area (Å²) in [5.74, 6) is -0.967. The first-order valence-corrected chi connectivity index (χ1v) is 11.2. The van der Waals surface area contributed by atoms with E-state index in [1.165, 1.54) is 0 Å². The monoisotopic (exact) mass is 434 g/mol. The quantitative estimate of drug-likeness (QED) is 0.668. The summed E-state index contributed by atoms with van der Waals surface area (Å²) in [6.45, 7) is 12.5. The van der Waals surface area contributed by atoms with E-state index in [1.54, 1.807) is 24.3 Å². The first-order chi connectivity index (χ1) is 14.7. The molecule has 0 aliphatic carbocycles. The highest BCUT2D eigenvalue weighted by Crippen LogP contribution is 2.41. The van der Waals surface area contributed by atoms with Gasteiger partial charge in [-0.15, -0.1) is 0 Å². The number of hydrogen-bond donors (Lipinski definition) is 0. The fourth-order valence-corrected chi connectivity index (χ4v) is 4.67. The second kappa shape index (κ2) is 8.79. The minimum Gasteiger partial charge on any atom is -0.432 e. The van der Waals surface area contributed by atoms with Crippen molar-refractivity contribution in [2.24, 2.45) is 17.8 Å². The number of hydrogen-bond acceptors (Lipinski definition) is 7. The van der Waals surface area contributed by atoms with Gasteiger partial charge in [-0.2, -0.15) is 0 Å². The number of benzene rings is 1. The van der Waals surface area contributed by atoms with Crippen molar-refractivity contribution in [2.75, 3.05) is 6.61 Å². The van der Waals surface area contributed by atoms with E-state index >= 15 is 0 Å². The van der Waals surface area contributed by atoms with Crippen LogP contribution in [0.1, 0.15) is 51.9 Å². The average molecular weight is 435 g/mol. The number of ether oxygens (including phenoxy) is 6. The fraction of sp³-hybridized carbons (Fsp3) is 0.708. The van der Waals surface area contributed by atoms with Crippen molar-refractivity contribution in [3.63, 3.8) is 0 Å². The molecule has 0 saturated carbocycles. The Kier molecular flexibility index (Phi) is 6.43. The summed E-state index contributed by atoms with van der Waals surface area (Å²) >= 11 is 0. The molecule has 0 radical (unpaired) electrons. The molecular formula is C24H34O7. The van der Waals surface area contributed by atoms with Gasteiger partial charge in [0.25, 0.3) is 0 Å².